The van der Waals surface area contributed by atoms with Crippen LogP contribution in [0.4, 0.5) is 5.69 Å². The zero-order valence-corrected chi connectivity index (χ0v) is 17.2. The summed E-state index contributed by atoms with van der Waals surface area (Å²) < 4.78 is 27.3. The zero-order chi connectivity index (χ0) is 20.4. The Hall–Kier alpha value is -2.86. The second-order valence-corrected chi connectivity index (χ2v) is 9.26. The van der Waals surface area contributed by atoms with Gasteiger partial charge in [-0.25, -0.2) is 8.42 Å². The van der Waals surface area contributed by atoms with E-state index in [-0.39, 0.29) is 18.4 Å². The zero-order valence-electron chi connectivity index (χ0n) is 16.3. The van der Waals surface area contributed by atoms with Crippen molar-refractivity contribution >= 4 is 32.4 Å². The van der Waals surface area contributed by atoms with Crippen molar-refractivity contribution in [1.82, 2.24) is 5.32 Å². The minimum absolute atomic E-state index is 0.0555. The van der Waals surface area contributed by atoms with Gasteiger partial charge in [-0.05, 0) is 35.4 Å². The molecule has 1 amide bonds. The lowest BCUT2D eigenvalue weighted by Crippen LogP contribution is -2.31. The van der Waals surface area contributed by atoms with Gasteiger partial charge in [0.2, 0.25) is 5.91 Å². The largest absolute Gasteiger partial charge is 0.356 e. The maximum atomic E-state index is 12.9. The van der Waals surface area contributed by atoms with Gasteiger partial charge >= 0.3 is 0 Å². The molecule has 1 aliphatic heterocycles. The summed E-state index contributed by atoms with van der Waals surface area (Å²) in [5.74, 6) is 0.173. The third-order valence-corrected chi connectivity index (χ3v) is 7.28. The fourth-order valence-corrected chi connectivity index (χ4v) is 5.59. The number of nitrogens with zero attached hydrogens (tertiary/aromatic N) is 1. The van der Waals surface area contributed by atoms with Crippen molar-refractivity contribution in [3.63, 3.8) is 0 Å². The van der Waals surface area contributed by atoms with Crippen LogP contribution in [0.2, 0.25) is 0 Å². The van der Waals surface area contributed by atoms with Crippen molar-refractivity contribution < 1.29 is 13.2 Å². The molecule has 0 fully saturated rings. The van der Waals surface area contributed by atoms with Gasteiger partial charge in [0.15, 0.2) is 0 Å². The number of carbonyl (C=O) groups excluding carboxylic acids is 1. The van der Waals surface area contributed by atoms with Crippen molar-refractivity contribution in [2.45, 2.75) is 30.6 Å². The molecule has 0 radical (unpaired) electrons. The number of sulfonamides is 1. The van der Waals surface area contributed by atoms with Gasteiger partial charge in [0, 0.05) is 24.9 Å². The van der Waals surface area contributed by atoms with Gasteiger partial charge in [0.1, 0.15) is 0 Å². The maximum Gasteiger partial charge on any atom is 0.265 e. The van der Waals surface area contributed by atoms with Crippen molar-refractivity contribution in [3.8, 4) is 0 Å². The molecule has 1 atom stereocenters. The Balaban J connectivity index is 1.35. The number of anilines is 1. The van der Waals surface area contributed by atoms with Crippen LogP contribution in [0, 0.1) is 0 Å². The van der Waals surface area contributed by atoms with E-state index in [0.717, 1.165) is 10.8 Å². The van der Waals surface area contributed by atoms with Crippen LogP contribution in [-0.4, -0.2) is 27.4 Å². The quantitative estimate of drug-likeness (QED) is 0.641. The van der Waals surface area contributed by atoms with Crippen molar-refractivity contribution in [1.29, 1.82) is 0 Å². The van der Waals surface area contributed by atoms with E-state index in [1.165, 1.54) is 9.87 Å². The Kier molecular flexibility index (Phi) is 5.28. The first-order valence-electron chi connectivity index (χ1n) is 9.84. The minimum atomic E-state index is -3.56. The number of benzene rings is 3. The highest BCUT2D eigenvalue weighted by molar-refractivity contribution is 7.93. The van der Waals surface area contributed by atoms with Crippen LogP contribution in [0.15, 0.2) is 71.6 Å². The molecule has 1 N–H and O–H groups in total. The predicted molar refractivity (Wildman–Crippen MR) is 116 cm³/mol. The van der Waals surface area contributed by atoms with E-state index < -0.39 is 10.0 Å². The molecular weight excluding hydrogens is 384 g/mol. The van der Waals surface area contributed by atoms with Crippen molar-refractivity contribution in [3.05, 3.63) is 72.3 Å². The highest BCUT2D eigenvalue weighted by Gasteiger charge is 2.34. The molecule has 0 spiro atoms. The Morgan fingerprint density at radius 3 is 2.48 bits per heavy atom. The van der Waals surface area contributed by atoms with Crippen LogP contribution in [0.3, 0.4) is 0 Å². The van der Waals surface area contributed by atoms with Gasteiger partial charge in [-0.3, -0.25) is 9.10 Å². The standard InChI is InChI=1S/C23H24N2O3S/c1-17(18-8-3-2-4-9-18)16-24-22(26)14-7-15-25-20-12-5-10-19-11-6-13-21(23(19)20)29(25,27)28/h2-6,8-13,17H,7,14-16H2,1H3,(H,24,26)/t17-/m1/s1. The summed E-state index contributed by atoms with van der Waals surface area (Å²) in [5, 5.41) is 4.65. The topological polar surface area (TPSA) is 66.5 Å². The third-order valence-electron chi connectivity index (χ3n) is 5.42. The summed E-state index contributed by atoms with van der Waals surface area (Å²) >= 11 is 0. The van der Waals surface area contributed by atoms with Crippen LogP contribution in [-0.2, 0) is 14.8 Å². The second-order valence-electron chi connectivity index (χ2n) is 7.43. The molecule has 150 valence electrons. The average molecular weight is 409 g/mol. The van der Waals surface area contributed by atoms with E-state index in [9.17, 15) is 13.2 Å². The van der Waals surface area contributed by atoms with Crippen LogP contribution in [0.1, 0.15) is 31.2 Å². The molecule has 1 aliphatic rings. The predicted octanol–water partition coefficient (Wildman–Crippen LogP) is 4.05. The average Bonchev–Trinajstić information content (AvgIpc) is 2.96. The van der Waals surface area contributed by atoms with Crippen LogP contribution in [0.5, 0.6) is 0 Å². The van der Waals surface area contributed by atoms with E-state index in [4.69, 9.17) is 0 Å². The normalized spacial score (nSPS) is 15.4. The van der Waals surface area contributed by atoms with Gasteiger partial charge < -0.3 is 5.32 Å². The molecule has 3 aromatic rings. The summed E-state index contributed by atoms with van der Waals surface area (Å²) in [6, 6.07) is 21.0. The summed E-state index contributed by atoms with van der Waals surface area (Å²) in [4.78, 5) is 12.6. The number of hydrogen-bond donors (Lipinski definition) is 1. The van der Waals surface area contributed by atoms with Gasteiger partial charge in [0.25, 0.3) is 10.0 Å². The molecule has 0 unspecified atom stereocenters. The third kappa shape index (κ3) is 3.72. The Morgan fingerprint density at radius 2 is 1.72 bits per heavy atom. The Morgan fingerprint density at radius 1 is 1.00 bits per heavy atom. The summed E-state index contributed by atoms with van der Waals surface area (Å²) in [5.41, 5.74) is 1.89. The van der Waals surface area contributed by atoms with Crippen LogP contribution >= 0.6 is 0 Å². The number of rotatable bonds is 7. The molecule has 29 heavy (non-hydrogen) atoms. The van der Waals surface area contributed by atoms with Gasteiger partial charge in [-0.2, -0.15) is 0 Å². The highest BCUT2D eigenvalue weighted by atomic mass is 32.2. The molecule has 3 aromatic carbocycles. The molecule has 4 rings (SSSR count). The van der Waals surface area contributed by atoms with E-state index in [2.05, 4.69) is 12.2 Å². The second kappa shape index (κ2) is 7.87. The minimum Gasteiger partial charge on any atom is -0.356 e. The van der Waals surface area contributed by atoms with Crippen molar-refractivity contribution in [2.24, 2.45) is 0 Å². The highest BCUT2D eigenvalue weighted by Crippen LogP contribution is 2.41. The van der Waals surface area contributed by atoms with E-state index >= 15 is 0 Å². The Bertz CT molecular complexity index is 1140. The van der Waals surface area contributed by atoms with E-state index in [1.807, 2.05) is 54.6 Å². The fourth-order valence-electron chi connectivity index (χ4n) is 3.84. The first-order chi connectivity index (χ1) is 14.0. The van der Waals surface area contributed by atoms with E-state index in [1.54, 1.807) is 12.1 Å². The molecule has 0 bridgehead atoms. The number of hydrogen-bond acceptors (Lipinski definition) is 3. The van der Waals surface area contributed by atoms with Crippen LogP contribution in [0.25, 0.3) is 10.8 Å². The molecule has 0 aliphatic carbocycles. The smallest absolute Gasteiger partial charge is 0.265 e. The lowest BCUT2D eigenvalue weighted by Gasteiger charge is -2.19. The van der Waals surface area contributed by atoms with Gasteiger partial charge in [-0.1, -0.05) is 61.5 Å². The summed E-state index contributed by atoms with van der Waals surface area (Å²) in [7, 11) is -3.56. The summed E-state index contributed by atoms with van der Waals surface area (Å²) in [6.07, 6.45) is 0.759. The first-order valence-corrected chi connectivity index (χ1v) is 11.3. The van der Waals surface area contributed by atoms with E-state index in [0.29, 0.717) is 30.0 Å². The summed E-state index contributed by atoms with van der Waals surface area (Å²) in [6.45, 7) is 2.93. The number of amides is 1. The van der Waals surface area contributed by atoms with Gasteiger partial charge in [-0.15, -0.1) is 0 Å². The molecule has 0 saturated carbocycles. The monoisotopic (exact) mass is 408 g/mol. The fraction of sp³-hybridized carbons (Fsp3) is 0.261. The number of nitrogens with one attached hydrogen (secondary N) is 1. The molecule has 5 nitrogen and oxygen atoms in total. The maximum absolute atomic E-state index is 12.9. The molecule has 6 heteroatoms. The Labute approximate surface area is 171 Å². The molecular formula is C23H24N2O3S. The van der Waals surface area contributed by atoms with Gasteiger partial charge in [0.05, 0.1) is 10.6 Å². The molecule has 1 heterocycles. The lowest BCUT2D eigenvalue weighted by atomic mass is 10.0. The van der Waals surface area contributed by atoms with Crippen LogP contribution < -0.4 is 9.62 Å². The molecule has 0 saturated heterocycles. The number of carbonyl (C=O) groups is 1. The SMILES string of the molecule is C[C@H](CNC(=O)CCCN1c2cccc3cccc(c23)S1(=O)=O)c1ccccc1. The molecule has 0 aromatic heterocycles. The lowest BCUT2D eigenvalue weighted by molar-refractivity contribution is -0.121. The van der Waals surface area contributed by atoms with Crippen molar-refractivity contribution in [2.75, 3.05) is 17.4 Å². The first kappa shape index (κ1) is 19.5.